The van der Waals surface area contributed by atoms with Crippen LogP contribution in [0.4, 0.5) is 16.2 Å². The predicted molar refractivity (Wildman–Crippen MR) is 92.7 cm³/mol. The smallest absolute Gasteiger partial charge is 0.319 e. The summed E-state index contributed by atoms with van der Waals surface area (Å²) in [5, 5.41) is 13.6. The van der Waals surface area contributed by atoms with Gasteiger partial charge in [-0.3, -0.25) is 9.52 Å². The van der Waals surface area contributed by atoms with Gasteiger partial charge in [-0.15, -0.1) is 0 Å². The molecule has 0 aliphatic heterocycles. The molecule has 0 saturated heterocycles. The van der Waals surface area contributed by atoms with Gasteiger partial charge >= 0.3 is 12.0 Å². The number of amides is 2. The number of carbonyl (C=O) groups excluding carboxylic acids is 1. The van der Waals surface area contributed by atoms with E-state index in [9.17, 15) is 18.0 Å². The molecule has 0 aliphatic carbocycles. The van der Waals surface area contributed by atoms with Crippen molar-refractivity contribution in [3.05, 3.63) is 24.3 Å². The molecule has 0 unspecified atom stereocenters. The first-order valence-electron chi connectivity index (χ1n) is 7.69. The van der Waals surface area contributed by atoms with Crippen molar-refractivity contribution in [2.75, 3.05) is 22.3 Å². The molecule has 0 atom stereocenters. The van der Waals surface area contributed by atoms with E-state index in [2.05, 4.69) is 15.4 Å². The third-order valence-corrected chi connectivity index (χ3v) is 4.41. The lowest BCUT2D eigenvalue weighted by Gasteiger charge is -2.10. The number of unbranched alkanes of at least 4 members (excludes halogenated alkanes) is 1. The molecule has 0 saturated carbocycles. The van der Waals surface area contributed by atoms with Crippen LogP contribution in [0.3, 0.4) is 0 Å². The molecule has 0 aliphatic rings. The van der Waals surface area contributed by atoms with Crippen LogP contribution >= 0.6 is 0 Å². The van der Waals surface area contributed by atoms with Gasteiger partial charge in [-0.05, 0) is 37.1 Å². The number of urea groups is 1. The van der Waals surface area contributed by atoms with E-state index >= 15 is 0 Å². The number of hydrogen-bond donors (Lipinski definition) is 4. The van der Waals surface area contributed by atoms with Gasteiger partial charge in [-0.1, -0.05) is 13.3 Å². The van der Waals surface area contributed by atoms with Crippen molar-refractivity contribution >= 4 is 33.4 Å². The molecule has 0 fully saturated rings. The van der Waals surface area contributed by atoms with Crippen molar-refractivity contribution in [1.29, 1.82) is 0 Å². The van der Waals surface area contributed by atoms with E-state index in [1.165, 1.54) is 0 Å². The zero-order chi connectivity index (χ0) is 18.0. The number of nitrogens with one attached hydrogen (secondary N) is 3. The van der Waals surface area contributed by atoms with E-state index in [1.54, 1.807) is 24.3 Å². The number of aliphatic carboxylic acids is 1. The highest BCUT2D eigenvalue weighted by Gasteiger charge is 2.09. The van der Waals surface area contributed by atoms with E-state index < -0.39 is 22.0 Å². The molecule has 1 rings (SSSR count). The van der Waals surface area contributed by atoms with Crippen molar-refractivity contribution in [2.24, 2.45) is 0 Å². The zero-order valence-corrected chi connectivity index (χ0v) is 14.4. The second kappa shape index (κ2) is 9.76. The van der Waals surface area contributed by atoms with Crippen LogP contribution in [0.25, 0.3) is 0 Å². The fraction of sp³-hybridized carbons (Fsp3) is 0.467. The van der Waals surface area contributed by atoms with Gasteiger partial charge in [-0.2, -0.15) is 0 Å². The maximum atomic E-state index is 11.8. The van der Waals surface area contributed by atoms with Gasteiger partial charge in [0.1, 0.15) is 0 Å². The Morgan fingerprint density at radius 1 is 1.08 bits per heavy atom. The number of carboxylic acids is 1. The third kappa shape index (κ3) is 8.37. The molecule has 2 amide bonds. The summed E-state index contributed by atoms with van der Waals surface area (Å²) in [6.07, 6.45) is 1.73. The predicted octanol–water partition coefficient (Wildman–Crippen LogP) is 2.21. The number of carboxylic acid groups (broad SMARTS) is 1. The molecule has 8 nitrogen and oxygen atoms in total. The first kappa shape index (κ1) is 19.8. The van der Waals surface area contributed by atoms with Crippen LogP contribution in [0.2, 0.25) is 0 Å². The Morgan fingerprint density at radius 3 is 2.29 bits per heavy atom. The van der Waals surface area contributed by atoms with Gasteiger partial charge in [0.2, 0.25) is 10.0 Å². The van der Waals surface area contributed by atoms with Gasteiger partial charge in [0, 0.05) is 24.3 Å². The largest absolute Gasteiger partial charge is 0.481 e. The van der Waals surface area contributed by atoms with E-state index in [1.807, 2.05) is 6.92 Å². The monoisotopic (exact) mass is 357 g/mol. The van der Waals surface area contributed by atoms with E-state index in [4.69, 9.17) is 5.11 Å². The average Bonchev–Trinajstić information content (AvgIpc) is 2.51. The highest BCUT2D eigenvalue weighted by Crippen LogP contribution is 2.15. The Bertz CT molecular complexity index is 644. The van der Waals surface area contributed by atoms with Crippen molar-refractivity contribution in [2.45, 2.75) is 32.6 Å². The van der Waals surface area contributed by atoms with Crippen LogP contribution < -0.4 is 15.4 Å². The lowest BCUT2D eigenvalue weighted by atomic mass is 10.3. The van der Waals surface area contributed by atoms with Crippen molar-refractivity contribution in [1.82, 2.24) is 5.32 Å². The normalized spacial score (nSPS) is 10.9. The number of benzene rings is 1. The van der Waals surface area contributed by atoms with Gasteiger partial charge in [0.05, 0.1) is 5.75 Å². The summed E-state index contributed by atoms with van der Waals surface area (Å²) in [6.45, 7) is 2.18. The third-order valence-electron chi connectivity index (χ3n) is 3.04. The number of hydrogen-bond acceptors (Lipinski definition) is 4. The highest BCUT2D eigenvalue weighted by atomic mass is 32.2. The van der Waals surface area contributed by atoms with Crippen LogP contribution in [-0.4, -0.2) is 37.8 Å². The summed E-state index contributed by atoms with van der Waals surface area (Å²) in [6, 6.07) is 5.83. The molecule has 24 heavy (non-hydrogen) atoms. The Kier molecular flexibility index (Phi) is 8.03. The van der Waals surface area contributed by atoms with Crippen molar-refractivity contribution < 1.29 is 23.1 Å². The number of anilines is 2. The van der Waals surface area contributed by atoms with E-state index in [-0.39, 0.29) is 18.7 Å². The van der Waals surface area contributed by atoms with E-state index in [0.717, 1.165) is 6.42 Å². The molecule has 0 heterocycles. The number of carbonyl (C=O) groups is 2. The van der Waals surface area contributed by atoms with Crippen molar-refractivity contribution in [3.8, 4) is 0 Å². The molecular weight excluding hydrogens is 334 g/mol. The fourth-order valence-corrected chi connectivity index (χ4v) is 3.07. The van der Waals surface area contributed by atoms with Gasteiger partial charge in [0.15, 0.2) is 0 Å². The Balaban J connectivity index is 2.44. The summed E-state index contributed by atoms with van der Waals surface area (Å²) in [5.41, 5.74) is 0.931. The minimum atomic E-state index is -3.35. The maximum absolute atomic E-state index is 11.8. The summed E-state index contributed by atoms with van der Waals surface area (Å²) in [5.74, 6) is -0.836. The molecule has 0 aromatic heterocycles. The standard InChI is InChI=1S/C15H23N3O5S/c1-2-3-11-24(22,23)18-13-8-6-12(7-9-13)17-15(21)16-10-4-5-14(19)20/h6-9,18H,2-5,10-11H2,1H3,(H,19,20)(H2,16,17,21). The van der Waals surface area contributed by atoms with Crippen LogP contribution in [0.5, 0.6) is 0 Å². The lowest BCUT2D eigenvalue weighted by molar-refractivity contribution is -0.137. The molecule has 134 valence electrons. The first-order valence-corrected chi connectivity index (χ1v) is 9.35. The Labute approximate surface area is 141 Å². The summed E-state index contributed by atoms with van der Waals surface area (Å²) in [7, 11) is -3.35. The highest BCUT2D eigenvalue weighted by molar-refractivity contribution is 7.92. The SMILES string of the molecule is CCCCS(=O)(=O)Nc1ccc(NC(=O)NCCCC(=O)O)cc1. The average molecular weight is 357 g/mol. The van der Waals surface area contributed by atoms with Crippen LogP contribution in [0, 0.1) is 0 Å². The quantitative estimate of drug-likeness (QED) is 0.478. The van der Waals surface area contributed by atoms with Gasteiger partial charge in [-0.25, -0.2) is 13.2 Å². The second-order valence-electron chi connectivity index (χ2n) is 5.23. The summed E-state index contributed by atoms with van der Waals surface area (Å²) >= 11 is 0. The van der Waals surface area contributed by atoms with Crippen LogP contribution in [-0.2, 0) is 14.8 Å². The fourth-order valence-electron chi connectivity index (χ4n) is 1.80. The van der Waals surface area contributed by atoms with E-state index in [0.29, 0.717) is 24.2 Å². The first-order chi connectivity index (χ1) is 11.3. The molecule has 0 spiro atoms. The maximum Gasteiger partial charge on any atom is 0.319 e. The molecule has 0 radical (unpaired) electrons. The lowest BCUT2D eigenvalue weighted by Crippen LogP contribution is -2.29. The van der Waals surface area contributed by atoms with Crippen LogP contribution in [0.1, 0.15) is 32.6 Å². The van der Waals surface area contributed by atoms with Gasteiger partial charge in [0.25, 0.3) is 0 Å². The molecule has 0 bridgehead atoms. The minimum Gasteiger partial charge on any atom is -0.481 e. The number of rotatable bonds is 10. The number of sulfonamides is 1. The summed E-state index contributed by atoms with van der Waals surface area (Å²) < 4.78 is 26.0. The topological polar surface area (TPSA) is 125 Å². The Morgan fingerprint density at radius 2 is 1.71 bits per heavy atom. The van der Waals surface area contributed by atoms with Crippen molar-refractivity contribution in [3.63, 3.8) is 0 Å². The van der Waals surface area contributed by atoms with Gasteiger partial charge < -0.3 is 15.7 Å². The minimum absolute atomic E-state index is 0.00679. The molecule has 9 heteroatoms. The molecular formula is C15H23N3O5S. The summed E-state index contributed by atoms with van der Waals surface area (Å²) in [4.78, 5) is 22.0. The molecule has 4 N–H and O–H groups in total. The Hall–Kier alpha value is -2.29. The van der Waals surface area contributed by atoms with Crippen LogP contribution in [0.15, 0.2) is 24.3 Å². The molecule has 1 aromatic carbocycles. The molecule has 1 aromatic rings. The second-order valence-corrected chi connectivity index (χ2v) is 7.07. The zero-order valence-electron chi connectivity index (χ0n) is 13.5.